The van der Waals surface area contributed by atoms with Crippen LogP contribution in [0.25, 0.3) is 0 Å². The minimum absolute atomic E-state index is 0.121. The molecule has 1 rings (SSSR count). The fourth-order valence-electron chi connectivity index (χ4n) is 1.24. The van der Waals surface area contributed by atoms with Gasteiger partial charge in [-0.25, -0.2) is 0 Å². The van der Waals surface area contributed by atoms with Crippen molar-refractivity contribution in [2.24, 2.45) is 5.92 Å². The molecule has 0 fully saturated rings. The van der Waals surface area contributed by atoms with E-state index in [4.69, 9.17) is 0 Å². The largest absolute Gasteiger partial charge is 0.386 e. The van der Waals surface area contributed by atoms with Gasteiger partial charge in [0, 0.05) is 10.9 Å². The maximum absolute atomic E-state index is 9.94. The van der Waals surface area contributed by atoms with Crippen LogP contribution in [0.4, 0.5) is 0 Å². The van der Waals surface area contributed by atoms with Crippen LogP contribution in [0.1, 0.15) is 31.8 Å². The molecule has 0 aliphatic rings. The minimum atomic E-state index is -0.381. The van der Waals surface area contributed by atoms with Crippen LogP contribution >= 0.6 is 11.3 Å². The van der Waals surface area contributed by atoms with Crippen LogP contribution in [0.2, 0.25) is 0 Å². The molecule has 0 spiro atoms. The van der Waals surface area contributed by atoms with Crippen molar-refractivity contribution in [3.8, 4) is 0 Å². The molecule has 80 valence electrons. The van der Waals surface area contributed by atoms with E-state index in [1.54, 1.807) is 11.3 Å². The van der Waals surface area contributed by atoms with Crippen LogP contribution in [0, 0.1) is 5.92 Å². The molecular formula is C11H19NOS. The summed E-state index contributed by atoms with van der Waals surface area (Å²) in [6.45, 7) is 7.30. The highest BCUT2D eigenvalue weighted by Crippen LogP contribution is 2.21. The van der Waals surface area contributed by atoms with Crippen molar-refractivity contribution in [1.29, 1.82) is 0 Å². The van der Waals surface area contributed by atoms with E-state index in [0.29, 0.717) is 5.92 Å². The zero-order valence-corrected chi connectivity index (χ0v) is 9.84. The van der Waals surface area contributed by atoms with E-state index in [0.717, 1.165) is 11.4 Å². The van der Waals surface area contributed by atoms with Gasteiger partial charge >= 0.3 is 0 Å². The van der Waals surface area contributed by atoms with Gasteiger partial charge in [0.25, 0.3) is 0 Å². The Balaban J connectivity index is 2.41. The average molecular weight is 213 g/mol. The second-order valence-electron chi connectivity index (χ2n) is 4.05. The van der Waals surface area contributed by atoms with Crippen molar-refractivity contribution in [3.63, 3.8) is 0 Å². The molecule has 0 aromatic carbocycles. The SMILES string of the molecule is CC(C)CNC(C)C(O)c1cccs1. The minimum Gasteiger partial charge on any atom is -0.386 e. The van der Waals surface area contributed by atoms with Crippen LogP contribution in [0.5, 0.6) is 0 Å². The van der Waals surface area contributed by atoms with Gasteiger partial charge in [0.05, 0.1) is 0 Å². The topological polar surface area (TPSA) is 32.3 Å². The van der Waals surface area contributed by atoms with Gasteiger partial charge in [-0.3, -0.25) is 0 Å². The van der Waals surface area contributed by atoms with Crippen LogP contribution in [-0.2, 0) is 0 Å². The second kappa shape index (κ2) is 5.49. The average Bonchev–Trinajstić information content (AvgIpc) is 2.65. The summed E-state index contributed by atoms with van der Waals surface area (Å²) < 4.78 is 0. The summed E-state index contributed by atoms with van der Waals surface area (Å²) in [5.41, 5.74) is 0. The summed E-state index contributed by atoms with van der Waals surface area (Å²) in [6, 6.07) is 4.07. The van der Waals surface area contributed by atoms with Crippen molar-refractivity contribution >= 4 is 11.3 Å². The Kier molecular flexibility index (Phi) is 4.58. The Morgan fingerprint density at radius 1 is 1.43 bits per heavy atom. The third kappa shape index (κ3) is 3.40. The van der Waals surface area contributed by atoms with Gasteiger partial charge in [0.15, 0.2) is 0 Å². The van der Waals surface area contributed by atoms with Crippen LogP contribution < -0.4 is 5.32 Å². The van der Waals surface area contributed by atoms with Crippen molar-refractivity contribution in [2.75, 3.05) is 6.54 Å². The lowest BCUT2D eigenvalue weighted by atomic mass is 10.1. The molecule has 2 unspecified atom stereocenters. The van der Waals surface area contributed by atoms with Gasteiger partial charge in [-0.15, -0.1) is 11.3 Å². The van der Waals surface area contributed by atoms with Gasteiger partial charge in [-0.1, -0.05) is 19.9 Å². The zero-order valence-electron chi connectivity index (χ0n) is 9.03. The lowest BCUT2D eigenvalue weighted by Crippen LogP contribution is -2.34. The van der Waals surface area contributed by atoms with Gasteiger partial charge in [-0.05, 0) is 30.8 Å². The highest BCUT2D eigenvalue weighted by molar-refractivity contribution is 7.10. The summed E-state index contributed by atoms with van der Waals surface area (Å²) in [5, 5.41) is 15.3. The highest BCUT2D eigenvalue weighted by Gasteiger charge is 2.16. The van der Waals surface area contributed by atoms with E-state index >= 15 is 0 Å². The zero-order chi connectivity index (χ0) is 10.6. The molecule has 0 radical (unpaired) electrons. The van der Waals surface area contributed by atoms with E-state index in [2.05, 4.69) is 19.2 Å². The first-order chi connectivity index (χ1) is 6.61. The molecule has 0 amide bonds. The number of hydrogen-bond donors (Lipinski definition) is 2. The van der Waals surface area contributed by atoms with E-state index in [-0.39, 0.29) is 12.1 Å². The number of nitrogens with one attached hydrogen (secondary N) is 1. The molecule has 0 bridgehead atoms. The Labute approximate surface area is 90.0 Å². The number of aliphatic hydroxyl groups excluding tert-OH is 1. The Hall–Kier alpha value is -0.380. The summed E-state index contributed by atoms with van der Waals surface area (Å²) in [6.07, 6.45) is -0.381. The van der Waals surface area contributed by atoms with Gasteiger partial charge in [0.2, 0.25) is 0 Å². The molecular weight excluding hydrogens is 194 g/mol. The molecule has 0 saturated carbocycles. The maximum Gasteiger partial charge on any atom is 0.103 e. The van der Waals surface area contributed by atoms with Crippen molar-refractivity contribution in [2.45, 2.75) is 32.9 Å². The monoisotopic (exact) mass is 213 g/mol. The number of rotatable bonds is 5. The third-order valence-corrected chi connectivity index (χ3v) is 3.10. The van der Waals surface area contributed by atoms with Crippen molar-refractivity contribution in [1.82, 2.24) is 5.32 Å². The second-order valence-corrected chi connectivity index (χ2v) is 5.03. The standard InChI is InChI=1S/C11H19NOS/c1-8(2)7-12-9(3)11(13)10-5-4-6-14-10/h4-6,8-9,11-13H,7H2,1-3H3. The Bertz CT molecular complexity index is 246. The normalized spacial score (nSPS) is 15.8. The Morgan fingerprint density at radius 3 is 2.64 bits per heavy atom. The molecule has 0 saturated heterocycles. The van der Waals surface area contributed by atoms with Gasteiger partial charge < -0.3 is 10.4 Å². The molecule has 2 nitrogen and oxygen atoms in total. The summed E-state index contributed by atoms with van der Waals surface area (Å²) in [5.74, 6) is 0.619. The molecule has 14 heavy (non-hydrogen) atoms. The van der Waals surface area contributed by atoms with Crippen LogP contribution in [0.15, 0.2) is 17.5 Å². The quantitative estimate of drug-likeness (QED) is 0.787. The van der Waals surface area contributed by atoms with Crippen LogP contribution in [0.3, 0.4) is 0 Å². The van der Waals surface area contributed by atoms with E-state index < -0.39 is 0 Å². The summed E-state index contributed by atoms with van der Waals surface area (Å²) in [7, 11) is 0. The Morgan fingerprint density at radius 2 is 2.14 bits per heavy atom. The smallest absolute Gasteiger partial charge is 0.103 e. The third-order valence-electron chi connectivity index (χ3n) is 2.16. The molecule has 2 atom stereocenters. The lowest BCUT2D eigenvalue weighted by molar-refractivity contribution is 0.138. The molecule has 0 aliphatic carbocycles. The molecule has 1 aromatic rings. The first kappa shape index (κ1) is 11.7. The van der Waals surface area contributed by atoms with Crippen molar-refractivity contribution in [3.05, 3.63) is 22.4 Å². The van der Waals surface area contributed by atoms with E-state index in [9.17, 15) is 5.11 Å². The van der Waals surface area contributed by atoms with Crippen molar-refractivity contribution < 1.29 is 5.11 Å². The lowest BCUT2D eigenvalue weighted by Gasteiger charge is -2.20. The fraction of sp³-hybridized carbons (Fsp3) is 0.636. The first-order valence-electron chi connectivity index (χ1n) is 5.06. The molecule has 1 aromatic heterocycles. The number of hydrogen-bond acceptors (Lipinski definition) is 3. The summed E-state index contributed by atoms with van der Waals surface area (Å²) >= 11 is 1.60. The highest BCUT2D eigenvalue weighted by atomic mass is 32.1. The van der Waals surface area contributed by atoms with E-state index in [1.165, 1.54) is 0 Å². The predicted octanol–water partition coefficient (Wildman–Crippen LogP) is 2.42. The van der Waals surface area contributed by atoms with Gasteiger partial charge in [-0.2, -0.15) is 0 Å². The molecule has 3 heteroatoms. The number of aliphatic hydroxyl groups is 1. The maximum atomic E-state index is 9.94. The number of thiophene rings is 1. The molecule has 1 heterocycles. The summed E-state index contributed by atoms with van der Waals surface area (Å²) in [4.78, 5) is 1.04. The van der Waals surface area contributed by atoms with Gasteiger partial charge in [0.1, 0.15) is 6.10 Å². The van der Waals surface area contributed by atoms with E-state index in [1.807, 2.05) is 24.4 Å². The van der Waals surface area contributed by atoms with Crippen LogP contribution in [-0.4, -0.2) is 17.7 Å². The predicted molar refractivity (Wildman–Crippen MR) is 61.6 cm³/mol. The fourth-order valence-corrected chi connectivity index (χ4v) is 2.05. The molecule has 2 N–H and O–H groups in total. The molecule has 0 aliphatic heterocycles. The first-order valence-corrected chi connectivity index (χ1v) is 5.94.